The van der Waals surface area contributed by atoms with E-state index >= 15 is 0 Å². The summed E-state index contributed by atoms with van der Waals surface area (Å²) in [5.74, 6) is -2.45. The number of nitrogens with one attached hydrogen (secondary N) is 1. The molecule has 9 heteroatoms. The summed E-state index contributed by atoms with van der Waals surface area (Å²) in [7, 11) is 0. The molecule has 1 heterocycles. The summed E-state index contributed by atoms with van der Waals surface area (Å²) in [6.45, 7) is 5.06. The average Bonchev–Trinajstić information content (AvgIpc) is 3.23. The first kappa shape index (κ1) is 22.5. The third kappa shape index (κ3) is 5.49. The molecule has 3 aromatic rings. The van der Waals surface area contributed by atoms with Crippen LogP contribution in [0.2, 0.25) is 0 Å². The van der Waals surface area contributed by atoms with E-state index < -0.39 is 35.0 Å². The molecule has 0 bridgehead atoms. The van der Waals surface area contributed by atoms with E-state index in [9.17, 15) is 18.4 Å². The van der Waals surface area contributed by atoms with Crippen molar-refractivity contribution in [1.82, 2.24) is 19.8 Å². The molecule has 162 valence electrons. The quantitative estimate of drug-likeness (QED) is 0.621. The lowest BCUT2D eigenvalue weighted by Crippen LogP contribution is -2.49. The van der Waals surface area contributed by atoms with Gasteiger partial charge < -0.3 is 10.2 Å². The number of hydrogen-bond acceptors (Lipinski definition) is 5. The second-order valence-electron chi connectivity index (χ2n) is 7.98. The van der Waals surface area contributed by atoms with Crippen molar-refractivity contribution in [2.45, 2.75) is 38.9 Å². The van der Waals surface area contributed by atoms with Gasteiger partial charge >= 0.3 is 0 Å². The predicted molar refractivity (Wildman–Crippen MR) is 113 cm³/mol. The molecule has 0 saturated carbocycles. The smallest absolute Gasteiger partial charge is 0.276 e. The standard InChI is InChI=1S/C22H22F2N4O2S/c1-22(2,3)25-20(29)19(15-9-5-7-11-17(15)24)28(21(30)18-13-31-27-26-18)12-14-8-4-6-10-16(14)23/h4-11,13,19H,12H2,1-3H3,(H,25,29). The van der Waals surface area contributed by atoms with Crippen LogP contribution < -0.4 is 5.32 Å². The molecule has 6 nitrogen and oxygen atoms in total. The van der Waals surface area contributed by atoms with Crippen LogP contribution in [0.5, 0.6) is 0 Å². The van der Waals surface area contributed by atoms with Gasteiger partial charge in [0.15, 0.2) is 5.69 Å². The minimum atomic E-state index is -1.35. The maximum atomic E-state index is 14.8. The summed E-state index contributed by atoms with van der Waals surface area (Å²) in [4.78, 5) is 27.7. The average molecular weight is 445 g/mol. The fourth-order valence-corrected chi connectivity index (χ4v) is 3.51. The van der Waals surface area contributed by atoms with Crippen molar-refractivity contribution in [3.63, 3.8) is 0 Å². The highest BCUT2D eigenvalue weighted by Gasteiger charge is 2.36. The summed E-state index contributed by atoms with van der Waals surface area (Å²) >= 11 is 0.967. The van der Waals surface area contributed by atoms with Crippen LogP contribution in [0.25, 0.3) is 0 Å². The van der Waals surface area contributed by atoms with E-state index in [4.69, 9.17) is 0 Å². The number of hydrogen-bond donors (Lipinski definition) is 1. The Morgan fingerprint density at radius 2 is 1.71 bits per heavy atom. The van der Waals surface area contributed by atoms with Crippen LogP contribution in [0.15, 0.2) is 53.9 Å². The SMILES string of the molecule is CC(C)(C)NC(=O)C(c1ccccc1F)N(Cc1ccccc1F)C(=O)c1csnn1. The molecule has 3 rings (SSSR count). The molecule has 0 radical (unpaired) electrons. The van der Waals surface area contributed by atoms with Gasteiger partial charge in [-0.2, -0.15) is 0 Å². The fourth-order valence-electron chi connectivity index (χ4n) is 3.08. The molecule has 0 spiro atoms. The number of amides is 2. The lowest BCUT2D eigenvalue weighted by Gasteiger charge is -2.33. The van der Waals surface area contributed by atoms with Crippen LogP contribution in [-0.4, -0.2) is 31.8 Å². The number of halogens is 2. The molecule has 1 aromatic heterocycles. The van der Waals surface area contributed by atoms with Crippen molar-refractivity contribution in [3.8, 4) is 0 Å². The van der Waals surface area contributed by atoms with Crippen molar-refractivity contribution in [2.75, 3.05) is 0 Å². The lowest BCUT2D eigenvalue weighted by atomic mass is 10.00. The highest BCUT2D eigenvalue weighted by Crippen LogP contribution is 2.28. The Balaban J connectivity index is 2.13. The van der Waals surface area contributed by atoms with E-state index in [0.29, 0.717) is 0 Å². The minimum Gasteiger partial charge on any atom is -0.349 e. The van der Waals surface area contributed by atoms with Gasteiger partial charge in [-0.15, -0.1) is 5.10 Å². The zero-order valence-corrected chi connectivity index (χ0v) is 18.1. The Kier molecular flexibility index (Phi) is 6.74. The first-order valence-corrected chi connectivity index (χ1v) is 10.4. The summed E-state index contributed by atoms with van der Waals surface area (Å²) in [5.41, 5.74) is -0.470. The van der Waals surface area contributed by atoms with Gasteiger partial charge in [0.1, 0.15) is 17.7 Å². The summed E-state index contributed by atoms with van der Waals surface area (Å²) in [6, 6.07) is 10.3. The second-order valence-corrected chi connectivity index (χ2v) is 8.59. The van der Waals surface area contributed by atoms with Crippen molar-refractivity contribution in [3.05, 3.63) is 82.4 Å². The second kappa shape index (κ2) is 9.30. The Hall–Kier alpha value is -3.20. The summed E-state index contributed by atoms with van der Waals surface area (Å²) in [6.07, 6.45) is 0. The van der Waals surface area contributed by atoms with Crippen molar-refractivity contribution >= 4 is 23.3 Å². The van der Waals surface area contributed by atoms with Gasteiger partial charge in [0, 0.05) is 22.0 Å². The van der Waals surface area contributed by atoms with E-state index in [1.54, 1.807) is 32.9 Å². The third-order valence-electron chi connectivity index (χ3n) is 4.40. The van der Waals surface area contributed by atoms with Gasteiger partial charge in [-0.1, -0.05) is 40.9 Å². The molecule has 1 N–H and O–H groups in total. The zero-order chi connectivity index (χ0) is 22.6. The molecule has 1 unspecified atom stereocenters. The van der Waals surface area contributed by atoms with Gasteiger partial charge in [0.05, 0.1) is 6.54 Å². The molecular formula is C22H22F2N4O2S. The van der Waals surface area contributed by atoms with Crippen molar-refractivity contribution in [2.24, 2.45) is 0 Å². The molecule has 0 aliphatic rings. The Morgan fingerprint density at radius 3 is 2.29 bits per heavy atom. The first-order chi connectivity index (χ1) is 14.7. The molecule has 0 aliphatic heterocycles. The van der Waals surface area contributed by atoms with Gasteiger partial charge in [0.25, 0.3) is 5.91 Å². The van der Waals surface area contributed by atoms with E-state index in [0.717, 1.165) is 16.4 Å². The van der Waals surface area contributed by atoms with Crippen LogP contribution >= 0.6 is 11.5 Å². The molecular weight excluding hydrogens is 422 g/mol. The van der Waals surface area contributed by atoms with E-state index in [-0.39, 0.29) is 23.4 Å². The fraction of sp³-hybridized carbons (Fsp3) is 0.273. The van der Waals surface area contributed by atoms with Gasteiger partial charge in [-0.25, -0.2) is 8.78 Å². The monoisotopic (exact) mass is 444 g/mol. The number of carbonyl (C=O) groups is 2. The minimum absolute atomic E-state index is 0.00266. The van der Waals surface area contributed by atoms with Gasteiger partial charge in [-0.3, -0.25) is 9.59 Å². The Labute approximate surface area is 183 Å². The Bertz CT molecular complexity index is 1070. The van der Waals surface area contributed by atoms with Crippen molar-refractivity contribution < 1.29 is 18.4 Å². The molecule has 0 aliphatic carbocycles. The molecule has 2 aromatic carbocycles. The summed E-state index contributed by atoms with van der Waals surface area (Å²) in [5, 5.41) is 8.02. The van der Waals surface area contributed by atoms with E-state index in [2.05, 4.69) is 14.9 Å². The maximum absolute atomic E-state index is 14.8. The van der Waals surface area contributed by atoms with Crippen LogP contribution in [0.1, 0.15) is 48.4 Å². The molecule has 31 heavy (non-hydrogen) atoms. The third-order valence-corrected chi connectivity index (χ3v) is 4.90. The zero-order valence-electron chi connectivity index (χ0n) is 17.3. The Morgan fingerprint density at radius 1 is 1.06 bits per heavy atom. The van der Waals surface area contributed by atoms with Crippen molar-refractivity contribution in [1.29, 1.82) is 0 Å². The van der Waals surface area contributed by atoms with E-state index in [1.807, 2.05) is 0 Å². The van der Waals surface area contributed by atoms with Crippen LogP contribution in [0, 0.1) is 11.6 Å². The van der Waals surface area contributed by atoms with Gasteiger partial charge in [0.2, 0.25) is 5.91 Å². The highest BCUT2D eigenvalue weighted by atomic mass is 32.1. The number of carbonyl (C=O) groups excluding carboxylic acids is 2. The highest BCUT2D eigenvalue weighted by molar-refractivity contribution is 7.03. The summed E-state index contributed by atoms with van der Waals surface area (Å²) < 4.78 is 32.9. The van der Waals surface area contributed by atoms with Gasteiger partial charge in [-0.05, 0) is 44.4 Å². The number of nitrogens with zero attached hydrogens (tertiary/aromatic N) is 3. The molecule has 2 amide bonds. The van der Waals surface area contributed by atoms with Crippen LogP contribution in [-0.2, 0) is 11.3 Å². The largest absolute Gasteiger partial charge is 0.349 e. The molecule has 0 saturated heterocycles. The maximum Gasteiger partial charge on any atom is 0.276 e. The van der Waals surface area contributed by atoms with Crippen LogP contribution in [0.3, 0.4) is 0 Å². The molecule has 1 atom stereocenters. The number of rotatable bonds is 6. The first-order valence-electron chi connectivity index (χ1n) is 9.55. The number of benzene rings is 2. The normalized spacial score (nSPS) is 12.3. The van der Waals surface area contributed by atoms with E-state index in [1.165, 1.54) is 41.8 Å². The predicted octanol–water partition coefficient (Wildman–Crippen LogP) is 4.11. The molecule has 0 fully saturated rings. The lowest BCUT2D eigenvalue weighted by molar-refractivity contribution is -0.127. The van der Waals surface area contributed by atoms with Crippen LogP contribution in [0.4, 0.5) is 8.78 Å². The number of aromatic nitrogens is 2. The topological polar surface area (TPSA) is 75.2 Å².